The van der Waals surface area contributed by atoms with Crippen LogP contribution in [0.15, 0.2) is 70.6 Å². The molecule has 0 saturated heterocycles. The summed E-state index contributed by atoms with van der Waals surface area (Å²) in [5.41, 5.74) is 1.42. The Morgan fingerprint density at radius 2 is 1.85 bits per heavy atom. The van der Waals surface area contributed by atoms with Crippen molar-refractivity contribution in [3.63, 3.8) is 0 Å². The zero-order valence-corrected chi connectivity index (χ0v) is 17.3. The van der Waals surface area contributed by atoms with Gasteiger partial charge in [0.05, 0.1) is 11.0 Å². The second kappa shape index (κ2) is 7.70. The number of ether oxygens (including phenoxy) is 1. The summed E-state index contributed by atoms with van der Waals surface area (Å²) in [5.74, 6) is -0.387. The van der Waals surface area contributed by atoms with Crippen molar-refractivity contribution in [2.75, 3.05) is 5.32 Å². The van der Waals surface area contributed by atoms with E-state index in [0.29, 0.717) is 22.1 Å². The fourth-order valence-electron chi connectivity index (χ4n) is 3.35. The highest BCUT2D eigenvalue weighted by atomic mass is 32.2. The molecule has 0 amide bonds. The lowest BCUT2D eigenvalue weighted by atomic mass is 10.3. The zero-order chi connectivity index (χ0) is 23.2. The Labute approximate surface area is 183 Å². The lowest BCUT2D eigenvalue weighted by Crippen LogP contribution is -2.15. The van der Waals surface area contributed by atoms with Crippen LogP contribution in [0.2, 0.25) is 0 Å². The molecule has 3 heterocycles. The van der Waals surface area contributed by atoms with E-state index < -0.39 is 27.3 Å². The number of nitrogens with one attached hydrogen (secondary N) is 3. The number of aromatic amines is 2. The first kappa shape index (κ1) is 20.6. The smallest absolute Gasteiger partial charge is 0.387 e. The molecule has 33 heavy (non-hydrogen) atoms. The Hall–Kier alpha value is -4.26. The first-order valence-electron chi connectivity index (χ1n) is 9.44. The molecule has 0 saturated carbocycles. The zero-order valence-electron chi connectivity index (χ0n) is 16.5. The van der Waals surface area contributed by atoms with Crippen molar-refractivity contribution >= 4 is 43.7 Å². The molecule has 0 spiro atoms. The van der Waals surface area contributed by atoms with Crippen LogP contribution in [0.1, 0.15) is 0 Å². The molecule has 0 radical (unpaired) electrons. The number of fused-ring (bicyclic) bond motifs is 2. The van der Waals surface area contributed by atoms with Crippen LogP contribution in [-0.2, 0) is 10.0 Å². The molecule has 5 rings (SSSR count). The number of nitrogens with zero attached hydrogens (tertiary/aromatic N) is 3. The molecule has 168 valence electrons. The van der Waals surface area contributed by atoms with Gasteiger partial charge >= 0.3 is 12.3 Å². The van der Waals surface area contributed by atoms with E-state index in [1.54, 1.807) is 18.2 Å². The van der Waals surface area contributed by atoms with Crippen molar-refractivity contribution in [1.82, 2.24) is 23.9 Å². The minimum Gasteiger partial charge on any atom is -0.433 e. The van der Waals surface area contributed by atoms with Gasteiger partial charge in [0.2, 0.25) is 5.95 Å². The molecule has 10 nitrogen and oxygen atoms in total. The average molecular weight is 472 g/mol. The number of alkyl halides is 2. The maximum atomic E-state index is 13.2. The van der Waals surface area contributed by atoms with Crippen LogP contribution < -0.4 is 15.7 Å². The van der Waals surface area contributed by atoms with Crippen LogP contribution in [0.4, 0.5) is 20.4 Å². The summed E-state index contributed by atoms with van der Waals surface area (Å²) in [6, 6.07) is 11.6. The molecule has 0 aliphatic rings. The molecule has 0 aliphatic heterocycles. The van der Waals surface area contributed by atoms with E-state index in [1.807, 2.05) is 0 Å². The highest BCUT2D eigenvalue weighted by Gasteiger charge is 2.25. The Balaban J connectivity index is 1.55. The van der Waals surface area contributed by atoms with Gasteiger partial charge in [-0.15, -0.1) is 0 Å². The molecule has 5 aromatic rings. The van der Waals surface area contributed by atoms with Gasteiger partial charge in [-0.3, -0.25) is 0 Å². The van der Waals surface area contributed by atoms with Crippen LogP contribution in [0, 0.1) is 0 Å². The number of H-pyrrole nitrogens is 2. The monoisotopic (exact) mass is 472 g/mol. The van der Waals surface area contributed by atoms with Crippen molar-refractivity contribution < 1.29 is 21.9 Å². The summed E-state index contributed by atoms with van der Waals surface area (Å²) in [6.45, 7) is -3.19. The standard InChI is InChI=1S/C20H14F2N6O4S/c21-18(22)32-15-3-1-2-4-16(15)33(30,31)28-8-7-11-10-23-19(27-17(11)28)24-12-5-6-13-14(9-12)26-20(29)25-13/h1-10,18H,(H,23,24,27)(H2,25,26,29). The number of halogens is 2. The van der Waals surface area contributed by atoms with E-state index in [1.165, 1.54) is 36.7 Å². The van der Waals surface area contributed by atoms with Crippen LogP contribution in [0.25, 0.3) is 22.1 Å². The number of aromatic nitrogens is 5. The summed E-state index contributed by atoms with van der Waals surface area (Å²) in [6.07, 6.45) is 2.68. The molecule has 2 aromatic carbocycles. The molecule has 13 heteroatoms. The Morgan fingerprint density at radius 1 is 1.06 bits per heavy atom. The number of benzene rings is 2. The largest absolute Gasteiger partial charge is 0.433 e. The number of hydrogen-bond donors (Lipinski definition) is 3. The maximum absolute atomic E-state index is 13.2. The molecule has 0 fully saturated rings. The molecule has 3 aromatic heterocycles. The second-order valence-corrected chi connectivity index (χ2v) is 8.66. The van der Waals surface area contributed by atoms with Gasteiger partial charge in [-0.25, -0.2) is 22.2 Å². The van der Waals surface area contributed by atoms with Gasteiger partial charge < -0.3 is 20.0 Å². The number of anilines is 2. The minimum absolute atomic E-state index is 0.0375. The summed E-state index contributed by atoms with van der Waals surface area (Å²) >= 11 is 0. The first-order valence-corrected chi connectivity index (χ1v) is 10.9. The lowest BCUT2D eigenvalue weighted by Gasteiger charge is -2.12. The Kier molecular flexibility index (Phi) is 4.82. The lowest BCUT2D eigenvalue weighted by molar-refractivity contribution is -0.0517. The van der Waals surface area contributed by atoms with E-state index in [0.717, 1.165) is 10.0 Å². The van der Waals surface area contributed by atoms with Crippen LogP contribution in [0.3, 0.4) is 0 Å². The summed E-state index contributed by atoms with van der Waals surface area (Å²) in [4.78, 5) is 24.7. The Bertz CT molecular complexity index is 1660. The quantitative estimate of drug-likeness (QED) is 0.345. The molecular formula is C20H14F2N6O4S. The van der Waals surface area contributed by atoms with Crippen molar-refractivity contribution in [3.8, 4) is 5.75 Å². The van der Waals surface area contributed by atoms with Crippen molar-refractivity contribution in [2.45, 2.75) is 11.5 Å². The third-order valence-corrected chi connectivity index (χ3v) is 6.47. The van der Waals surface area contributed by atoms with Crippen LogP contribution >= 0.6 is 0 Å². The molecule has 0 bridgehead atoms. The van der Waals surface area contributed by atoms with E-state index in [9.17, 15) is 22.0 Å². The Morgan fingerprint density at radius 3 is 2.67 bits per heavy atom. The molecule has 0 atom stereocenters. The fourth-order valence-corrected chi connectivity index (χ4v) is 4.78. The number of rotatable bonds is 6. The van der Waals surface area contributed by atoms with Crippen molar-refractivity contribution in [2.24, 2.45) is 0 Å². The van der Waals surface area contributed by atoms with E-state index >= 15 is 0 Å². The number of imidazole rings is 1. The highest BCUT2D eigenvalue weighted by molar-refractivity contribution is 7.90. The third kappa shape index (κ3) is 3.78. The van der Waals surface area contributed by atoms with E-state index in [-0.39, 0.29) is 17.3 Å². The molecular weight excluding hydrogens is 458 g/mol. The first-order chi connectivity index (χ1) is 15.8. The van der Waals surface area contributed by atoms with Crippen molar-refractivity contribution in [3.05, 3.63) is 71.4 Å². The van der Waals surface area contributed by atoms with Crippen LogP contribution in [0.5, 0.6) is 5.75 Å². The van der Waals surface area contributed by atoms with Crippen molar-refractivity contribution in [1.29, 1.82) is 0 Å². The van der Waals surface area contributed by atoms with Gasteiger partial charge in [-0.1, -0.05) is 12.1 Å². The van der Waals surface area contributed by atoms with E-state index in [4.69, 9.17) is 0 Å². The number of para-hydroxylation sites is 1. The molecule has 0 aliphatic carbocycles. The third-order valence-electron chi connectivity index (χ3n) is 4.77. The van der Waals surface area contributed by atoms with Gasteiger partial charge in [0, 0.05) is 23.5 Å². The van der Waals surface area contributed by atoms with Crippen LogP contribution in [-0.4, -0.2) is 38.9 Å². The SMILES string of the molecule is O=c1[nH]c2ccc(Nc3ncc4ccn(S(=O)(=O)c5ccccc5OC(F)F)c4n3)cc2[nH]1. The maximum Gasteiger partial charge on any atom is 0.387 e. The predicted molar refractivity (Wildman–Crippen MR) is 115 cm³/mol. The minimum atomic E-state index is -4.32. The van der Waals surface area contributed by atoms with Gasteiger partial charge in [0.15, 0.2) is 5.65 Å². The van der Waals surface area contributed by atoms with Gasteiger partial charge in [0.25, 0.3) is 10.0 Å². The average Bonchev–Trinajstić information content (AvgIpc) is 3.36. The summed E-state index contributed by atoms with van der Waals surface area (Å²) < 4.78 is 57.3. The second-order valence-electron chi connectivity index (χ2n) is 6.88. The summed E-state index contributed by atoms with van der Waals surface area (Å²) in [5, 5.41) is 3.37. The fraction of sp³-hybridized carbons (Fsp3) is 0.0500. The van der Waals surface area contributed by atoms with E-state index in [2.05, 4.69) is 30.0 Å². The highest BCUT2D eigenvalue weighted by Crippen LogP contribution is 2.29. The van der Waals surface area contributed by atoms with Gasteiger partial charge in [0.1, 0.15) is 10.6 Å². The van der Waals surface area contributed by atoms with Gasteiger partial charge in [-0.2, -0.15) is 13.8 Å². The molecule has 0 unspecified atom stereocenters. The summed E-state index contributed by atoms with van der Waals surface area (Å²) in [7, 11) is -4.32. The predicted octanol–water partition coefficient (Wildman–Crippen LogP) is 3.18. The number of hydrogen-bond acceptors (Lipinski definition) is 7. The molecule has 3 N–H and O–H groups in total. The topological polar surface area (TPSA) is 135 Å². The van der Waals surface area contributed by atoms with Gasteiger partial charge in [-0.05, 0) is 36.4 Å². The normalized spacial score (nSPS) is 12.0.